The van der Waals surface area contributed by atoms with Crippen molar-refractivity contribution in [1.29, 1.82) is 5.26 Å². The summed E-state index contributed by atoms with van der Waals surface area (Å²) in [5.41, 5.74) is 1.14. The standard InChI is InChI=1S/C20H16N2O6/c1-26-16-10-12(20(25)28-8-7-21)9-13(17(16)27-2)11-22-18(23)14-5-3-4-6-15(14)19(22)24/h3-6,9-10H,8,11H2,1-2H3. The number of ether oxygens (including phenoxy) is 3. The normalized spacial score (nSPS) is 12.4. The lowest BCUT2D eigenvalue weighted by Gasteiger charge is -2.19. The third kappa shape index (κ3) is 3.25. The Labute approximate surface area is 160 Å². The van der Waals surface area contributed by atoms with E-state index in [1.165, 1.54) is 26.4 Å². The van der Waals surface area contributed by atoms with Gasteiger partial charge in [-0.1, -0.05) is 12.1 Å². The van der Waals surface area contributed by atoms with E-state index in [1.807, 2.05) is 0 Å². The van der Waals surface area contributed by atoms with E-state index in [1.54, 1.807) is 30.3 Å². The molecule has 0 aromatic heterocycles. The van der Waals surface area contributed by atoms with Crippen LogP contribution >= 0.6 is 0 Å². The van der Waals surface area contributed by atoms with Crippen LogP contribution in [0.15, 0.2) is 36.4 Å². The Morgan fingerprint density at radius 1 is 1.07 bits per heavy atom. The van der Waals surface area contributed by atoms with Crippen molar-refractivity contribution in [2.75, 3.05) is 20.8 Å². The van der Waals surface area contributed by atoms with Gasteiger partial charge < -0.3 is 14.2 Å². The van der Waals surface area contributed by atoms with E-state index in [2.05, 4.69) is 0 Å². The van der Waals surface area contributed by atoms with Crippen molar-refractivity contribution in [2.45, 2.75) is 6.54 Å². The number of nitriles is 1. The van der Waals surface area contributed by atoms with Crippen molar-refractivity contribution in [3.63, 3.8) is 0 Å². The molecule has 0 fully saturated rings. The highest BCUT2D eigenvalue weighted by molar-refractivity contribution is 6.21. The fourth-order valence-corrected chi connectivity index (χ4v) is 3.01. The van der Waals surface area contributed by atoms with E-state index in [0.29, 0.717) is 16.7 Å². The van der Waals surface area contributed by atoms with E-state index in [0.717, 1.165) is 4.90 Å². The van der Waals surface area contributed by atoms with Gasteiger partial charge in [0.05, 0.1) is 37.5 Å². The third-order valence-corrected chi connectivity index (χ3v) is 4.27. The molecule has 0 radical (unpaired) electrons. The number of nitrogens with zero attached hydrogens (tertiary/aromatic N) is 2. The minimum absolute atomic E-state index is 0.111. The molecule has 2 aromatic rings. The van der Waals surface area contributed by atoms with Crippen LogP contribution in [-0.4, -0.2) is 43.5 Å². The Bertz CT molecular complexity index is 973. The topological polar surface area (TPSA) is 106 Å². The summed E-state index contributed by atoms with van der Waals surface area (Å²) in [4.78, 5) is 38.5. The quantitative estimate of drug-likeness (QED) is 0.558. The van der Waals surface area contributed by atoms with Crippen LogP contribution in [0.5, 0.6) is 11.5 Å². The number of hydrogen-bond acceptors (Lipinski definition) is 7. The first kappa shape index (κ1) is 18.9. The summed E-state index contributed by atoms with van der Waals surface area (Å²) >= 11 is 0. The smallest absolute Gasteiger partial charge is 0.339 e. The maximum absolute atomic E-state index is 12.6. The number of rotatable bonds is 6. The molecule has 0 N–H and O–H groups in total. The van der Waals surface area contributed by atoms with Gasteiger partial charge in [-0.15, -0.1) is 0 Å². The number of benzene rings is 2. The highest BCUT2D eigenvalue weighted by Crippen LogP contribution is 2.35. The van der Waals surface area contributed by atoms with Crippen LogP contribution in [0.4, 0.5) is 0 Å². The minimum Gasteiger partial charge on any atom is -0.493 e. The van der Waals surface area contributed by atoms with Gasteiger partial charge >= 0.3 is 5.97 Å². The number of esters is 1. The molecule has 1 heterocycles. The average Bonchev–Trinajstić information content (AvgIpc) is 2.96. The first-order valence-electron chi connectivity index (χ1n) is 8.26. The number of methoxy groups -OCH3 is 2. The van der Waals surface area contributed by atoms with Crippen LogP contribution in [-0.2, 0) is 11.3 Å². The van der Waals surface area contributed by atoms with Crippen molar-refractivity contribution < 1.29 is 28.6 Å². The highest BCUT2D eigenvalue weighted by atomic mass is 16.5. The fourth-order valence-electron chi connectivity index (χ4n) is 3.01. The fraction of sp³-hybridized carbons (Fsp3) is 0.200. The predicted molar refractivity (Wildman–Crippen MR) is 96.1 cm³/mol. The van der Waals surface area contributed by atoms with Crippen LogP contribution in [0.25, 0.3) is 0 Å². The van der Waals surface area contributed by atoms with Crippen molar-refractivity contribution in [1.82, 2.24) is 4.90 Å². The lowest BCUT2D eigenvalue weighted by Crippen LogP contribution is -2.29. The monoisotopic (exact) mass is 380 g/mol. The third-order valence-electron chi connectivity index (χ3n) is 4.27. The van der Waals surface area contributed by atoms with Crippen LogP contribution in [0.1, 0.15) is 36.6 Å². The molecule has 1 aliphatic rings. The van der Waals surface area contributed by atoms with E-state index >= 15 is 0 Å². The average molecular weight is 380 g/mol. The number of carbonyl (C=O) groups excluding carboxylic acids is 3. The number of imide groups is 1. The van der Waals surface area contributed by atoms with Crippen molar-refractivity contribution in [3.05, 3.63) is 58.7 Å². The molecule has 0 bridgehead atoms. The van der Waals surface area contributed by atoms with Gasteiger partial charge in [0.1, 0.15) is 6.07 Å². The summed E-state index contributed by atoms with van der Waals surface area (Å²) in [6, 6.07) is 11.1. The van der Waals surface area contributed by atoms with E-state index in [4.69, 9.17) is 19.5 Å². The van der Waals surface area contributed by atoms with Crippen molar-refractivity contribution >= 4 is 17.8 Å². The van der Waals surface area contributed by atoms with Crippen LogP contribution in [0, 0.1) is 11.3 Å². The Morgan fingerprint density at radius 3 is 2.25 bits per heavy atom. The lowest BCUT2D eigenvalue weighted by molar-refractivity contribution is 0.0554. The van der Waals surface area contributed by atoms with Gasteiger partial charge in [-0.25, -0.2) is 4.79 Å². The zero-order chi connectivity index (χ0) is 20.3. The molecule has 2 aromatic carbocycles. The van der Waals surface area contributed by atoms with Gasteiger partial charge in [0.2, 0.25) is 0 Å². The zero-order valence-electron chi connectivity index (χ0n) is 15.2. The molecule has 3 rings (SSSR count). The van der Waals surface area contributed by atoms with Crippen LogP contribution < -0.4 is 9.47 Å². The molecular weight excluding hydrogens is 364 g/mol. The van der Waals surface area contributed by atoms with E-state index in [9.17, 15) is 14.4 Å². The molecule has 2 amide bonds. The number of carbonyl (C=O) groups is 3. The Morgan fingerprint density at radius 2 is 1.71 bits per heavy atom. The molecule has 1 aliphatic heterocycles. The summed E-state index contributed by atoms with van der Waals surface area (Å²) in [7, 11) is 2.81. The Balaban J connectivity index is 1.99. The Hall–Kier alpha value is -3.86. The maximum Gasteiger partial charge on any atom is 0.339 e. The largest absolute Gasteiger partial charge is 0.493 e. The lowest BCUT2D eigenvalue weighted by atomic mass is 10.1. The summed E-state index contributed by atoms with van der Waals surface area (Å²) in [5.74, 6) is -1.07. The van der Waals surface area contributed by atoms with E-state index in [-0.39, 0.29) is 23.6 Å². The van der Waals surface area contributed by atoms with Gasteiger partial charge in [0, 0.05) is 5.56 Å². The summed E-state index contributed by atoms with van der Waals surface area (Å²) in [5, 5.41) is 8.58. The van der Waals surface area contributed by atoms with Gasteiger partial charge in [0.25, 0.3) is 11.8 Å². The van der Waals surface area contributed by atoms with Crippen LogP contribution in [0.3, 0.4) is 0 Å². The second kappa shape index (κ2) is 7.80. The van der Waals surface area contributed by atoms with Gasteiger partial charge in [-0.2, -0.15) is 5.26 Å². The second-order valence-corrected chi connectivity index (χ2v) is 5.85. The summed E-state index contributed by atoms with van der Waals surface area (Å²) < 4.78 is 15.5. The minimum atomic E-state index is -0.730. The van der Waals surface area contributed by atoms with Gasteiger partial charge in [-0.3, -0.25) is 14.5 Å². The first-order valence-corrected chi connectivity index (χ1v) is 8.26. The van der Waals surface area contributed by atoms with Crippen molar-refractivity contribution in [3.8, 4) is 17.6 Å². The van der Waals surface area contributed by atoms with Crippen molar-refractivity contribution in [2.24, 2.45) is 0 Å². The molecule has 8 heteroatoms. The number of fused-ring (bicyclic) bond motifs is 1. The zero-order valence-corrected chi connectivity index (χ0v) is 15.2. The molecular formula is C20H16N2O6. The molecule has 0 unspecified atom stereocenters. The van der Waals surface area contributed by atoms with Gasteiger partial charge in [-0.05, 0) is 24.3 Å². The van der Waals surface area contributed by atoms with E-state index < -0.39 is 24.4 Å². The van der Waals surface area contributed by atoms with Gasteiger partial charge in [0.15, 0.2) is 18.1 Å². The van der Waals surface area contributed by atoms with Crippen LogP contribution in [0.2, 0.25) is 0 Å². The molecule has 142 valence electrons. The highest BCUT2D eigenvalue weighted by Gasteiger charge is 2.36. The number of hydrogen-bond donors (Lipinski definition) is 0. The second-order valence-electron chi connectivity index (χ2n) is 5.85. The number of amides is 2. The SMILES string of the molecule is COc1cc(C(=O)OCC#N)cc(CN2C(=O)c3ccccc3C2=O)c1OC. The molecule has 0 aliphatic carbocycles. The summed E-state index contributed by atoms with van der Waals surface area (Å²) in [6.45, 7) is -0.522. The first-order chi connectivity index (χ1) is 13.5. The maximum atomic E-state index is 12.6. The molecule has 28 heavy (non-hydrogen) atoms. The molecule has 0 saturated carbocycles. The predicted octanol–water partition coefficient (Wildman–Crippen LogP) is 2.18. The molecule has 8 nitrogen and oxygen atoms in total. The molecule has 0 saturated heterocycles. The summed E-state index contributed by atoms with van der Waals surface area (Å²) in [6.07, 6.45) is 0. The molecule has 0 spiro atoms. The Kier molecular flexibility index (Phi) is 5.27. The molecule has 0 atom stereocenters.